The highest BCUT2D eigenvalue weighted by atomic mass is 14.2. The fourth-order valence-corrected chi connectivity index (χ4v) is 2.34. The molecule has 0 saturated carbocycles. The van der Waals surface area contributed by atoms with Gasteiger partial charge in [-0.05, 0) is 42.7 Å². The highest BCUT2D eigenvalue weighted by molar-refractivity contribution is 5.28. The van der Waals surface area contributed by atoms with Crippen LogP contribution in [-0.4, -0.2) is 0 Å². The smallest absolute Gasteiger partial charge is 0.0248 e. The summed E-state index contributed by atoms with van der Waals surface area (Å²) < 4.78 is 0. The molecule has 0 radical (unpaired) electrons. The summed E-state index contributed by atoms with van der Waals surface area (Å²) in [6.07, 6.45) is 6.76. The van der Waals surface area contributed by atoms with E-state index in [4.69, 9.17) is 0 Å². The van der Waals surface area contributed by atoms with Gasteiger partial charge >= 0.3 is 0 Å². The van der Waals surface area contributed by atoms with Crippen molar-refractivity contribution < 1.29 is 0 Å². The van der Waals surface area contributed by atoms with Crippen LogP contribution in [0.3, 0.4) is 0 Å². The highest BCUT2D eigenvalue weighted by Crippen LogP contribution is 2.25. The largest absolute Gasteiger partial charge is 0.0776 e. The molecule has 1 aromatic carbocycles. The van der Waals surface area contributed by atoms with Crippen molar-refractivity contribution in [2.24, 2.45) is 5.92 Å². The van der Waals surface area contributed by atoms with Crippen molar-refractivity contribution in [1.82, 2.24) is 0 Å². The highest BCUT2D eigenvalue weighted by Gasteiger charge is 2.14. The number of hydrogen-bond donors (Lipinski definition) is 0. The lowest BCUT2D eigenvalue weighted by atomic mass is 9.95. The van der Waals surface area contributed by atoms with Gasteiger partial charge in [-0.2, -0.15) is 0 Å². The zero-order chi connectivity index (χ0) is 9.10. The number of benzene rings is 1. The lowest BCUT2D eigenvalue weighted by Gasteiger charge is -2.11. The Morgan fingerprint density at radius 3 is 2.47 bits per heavy atom. The molecule has 0 heteroatoms. The molecular formula is C15H26. The minimum atomic E-state index is 0. The molecule has 0 heterocycles. The van der Waals surface area contributed by atoms with Crippen LogP contribution in [0.5, 0.6) is 0 Å². The van der Waals surface area contributed by atoms with Crippen LogP contribution in [-0.2, 0) is 12.8 Å². The van der Waals surface area contributed by atoms with Crippen molar-refractivity contribution in [3.05, 3.63) is 35.4 Å². The third kappa shape index (κ3) is 3.37. The molecule has 0 fully saturated rings. The zero-order valence-electron chi connectivity index (χ0n) is 8.42. The van der Waals surface area contributed by atoms with E-state index >= 15 is 0 Å². The Morgan fingerprint density at radius 1 is 1.13 bits per heavy atom. The fourth-order valence-electron chi connectivity index (χ4n) is 2.34. The second-order valence-electron chi connectivity index (χ2n) is 4.14. The third-order valence-corrected chi connectivity index (χ3v) is 3.26. The Bertz CT molecular complexity index is 275. The van der Waals surface area contributed by atoms with Crippen LogP contribution in [0, 0.1) is 5.92 Å². The summed E-state index contributed by atoms with van der Waals surface area (Å²) in [6.45, 7) is 2.32. The summed E-state index contributed by atoms with van der Waals surface area (Å²) in [5.41, 5.74) is 3.20. The van der Waals surface area contributed by atoms with Crippen molar-refractivity contribution >= 4 is 0 Å². The summed E-state index contributed by atoms with van der Waals surface area (Å²) in [5, 5.41) is 0. The lowest BCUT2D eigenvalue weighted by molar-refractivity contribution is 0.466. The van der Waals surface area contributed by atoms with E-state index in [2.05, 4.69) is 31.2 Å². The second-order valence-corrected chi connectivity index (χ2v) is 4.14. The molecule has 1 aromatic rings. The summed E-state index contributed by atoms with van der Waals surface area (Å²) in [4.78, 5) is 0. The predicted molar refractivity (Wildman–Crippen MR) is 70.3 cm³/mol. The normalized spacial score (nSPS) is 19.1. The maximum Gasteiger partial charge on any atom is -0.0248 e. The molecule has 15 heavy (non-hydrogen) atoms. The lowest BCUT2D eigenvalue weighted by Crippen LogP contribution is -2.00. The van der Waals surface area contributed by atoms with Gasteiger partial charge in [0, 0.05) is 0 Å². The van der Waals surface area contributed by atoms with Crippen LogP contribution in [0.25, 0.3) is 0 Å². The van der Waals surface area contributed by atoms with Gasteiger partial charge in [0.2, 0.25) is 0 Å². The van der Waals surface area contributed by atoms with E-state index in [0.29, 0.717) is 0 Å². The number of fused-ring (bicyclic) bond motifs is 1. The molecule has 0 spiro atoms. The van der Waals surface area contributed by atoms with Crippen LogP contribution in [0.2, 0.25) is 0 Å². The van der Waals surface area contributed by atoms with Gasteiger partial charge in [0.25, 0.3) is 0 Å². The van der Waals surface area contributed by atoms with Crippen molar-refractivity contribution in [3.63, 3.8) is 0 Å². The van der Waals surface area contributed by atoms with E-state index in [0.717, 1.165) is 5.92 Å². The van der Waals surface area contributed by atoms with Crippen molar-refractivity contribution in [1.29, 1.82) is 0 Å². The Morgan fingerprint density at radius 2 is 1.80 bits per heavy atom. The van der Waals surface area contributed by atoms with Gasteiger partial charge in [0.1, 0.15) is 0 Å². The molecule has 0 N–H and O–H groups in total. The molecule has 86 valence electrons. The van der Waals surface area contributed by atoms with E-state index in [1.54, 1.807) is 11.1 Å². The summed E-state index contributed by atoms with van der Waals surface area (Å²) in [5.74, 6) is 0.934. The molecule has 1 aliphatic carbocycles. The molecule has 0 bridgehead atoms. The van der Waals surface area contributed by atoms with Gasteiger partial charge in [-0.1, -0.05) is 52.5 Å². The topological polar surface area (TPSA) is 0 Å². The van der Waals surface area contributed by atoms with Crippen LogP contribution >= 0.6 is 0 Å². The molecule has 0 aromatic heterocycles. The number of rotatable bonds is 1. The molecule has 2 rings (SSSR count). The van der Waals surface area contributed by atoms with Gasteiger partial charge < -0.3 is 0 Å². The molecule has 0 nitrogen and oxygen atoms in total. The maximum absolute atomic E-state index is 2.32. The fraction of sp³-hybridized carbons (Fsp3) is 0.600. The molecule has 0 saturated heterocycles. The van der Waals surface area contributed by atoms with Crippen molar-refractivity contribution in [3.8, 4) is 0 Å². The molecule has 1 atom stereocenters. The number of hydrogen-bond acceptors (Lipinski definition) is 0. The second kappa shape index (κ2) is 6.66. The Balaban J connectivity index is 0.000000980. The monoisotopic (exact) mass is 206 g/mol. The minimum absolute atomic E-state index is 0. The van der Waals surface area contributed by atoms with Gasteiger partial charge in [-0.3, -0.25) is 0 Å². The standard InChI is InChI=1S/C13H18.2CH4/c1-2-11-6-5-9-12-7-3-4-8-13(12)10-11;;/h3-4,7-8,11H,2,5-6,9-10H2,1H3;2*1H4. The van der Waals surface area contributed by atoms with Crippen molar-refractivity contribution in [2.45, 2.75) is 53.9 Å². The first kappa shape index (κ1) is 14.2. The molecule has 1 unspecified atom stereocenters. The van der Waals surface area contributed by atoms with Gasteiger partial charge in [0.15, 0.2) is 0 Å². The summed E-state index contributed by atoms with van der Waals surface area (Å²) in [6, 6.07) is 8.96. The average Bonchev–Trinajstić information content (AvgIpc) is 2.38. The van der Waals surface area contributed by atoms with E-state index < -0.39 is 0 Å². The van der Waals surface area contributed by atoms with E-state index in [1.807, 2.05) is 0 Å². The number of aryl methyl sites for hydroxylation is 1. The third-order valence-electron chi connectivity index (χ3n) is 3.26. The van der Waals surface area contributed by atoms with E-state index in [-0.39, 0.29) is 14.9 Å². The van der Waals surface area contributed by atoms with Crippen LogP contribution in [0.15, 0.2) is 24.3 Å². The minimum Gasteiger partial charge on any atom is -0.0776 e. The Hall–Kier alpha value is -0.780. The van der Waals surface area contributed by atoms with E-state index in [1.165, 1.54) is 32.1 Å². The molecule has 0 aliphatic heterocycles. The zero-order valence-corrected chi connectivity index (χ0v) is 8.42. The first-order valence-electron chi connectivity index (χ1n) is 5.47. The van der Waals surface area contributed by atoms with Gasteiger partial charge in [-0.15, -0.1) is 0 Å². The van der Waals surface area contributed by atoms with Gasteiger partial charge in [-0.25, -0.2) is 0 Å². The SMILES string of the molecule is C.C.CCC1CCCc2ccccc2C1. The van der Waals surface area contributed by atoms with Crippen LogP contribution in [0.1, 0.15) is 52.2 Å². The van der Waals surface area contributed by atoms with E-state index in [9.17, 15) is 0 Å². The Labute approximate surface area is 95.7 Å². The first-order chi connectivity index (χ1) is 6.40. The summed E-state index contributed by atoms with van der Waals surface area (Å²) >= 11 is 0. The molecular weight excluding hydrogens is 180 g/mol. The molecule has 0 amide bonds. The summed E-state index contributed by atoms with van der Waals surface area (Å²) in [7, 11) is 0. The molecule has 1 aliphatic rings. The van der Waals surface area contributed by atoms with Crippen molar-refractivity contribution in [2.75, 3.05) is 0 Å². The van der Waals surface area contributed by atoms with Gasteiger partial charge in [0.05, 0.1) is 0 Å². The quantitative estimate of drug-likeness (QED) is 0.575. The average molecular weight is 206 g/mol. The van der Waals surface area contributed by atoms with Crippen LogP contribution < -0.4 is 0 Å². The van der Waals surface area contributed by atoms with Crippen LogP contribution in [0.4, 0.5) is 0 Å². The maximum atomic E-state index is 2.32. The Kier molecular flexibility index (Phi) is 6.31. The first-order valence-corrected chi connectivity index (χ1v) is 5.47. The predicted octanol–water partition coefficient (Wildman–Crippen LogP) is 4.86.